The van der Waals surface area contributed by atoms with Crippen LogP contribution in [0.3, 0.4) is 0 Å². The third-order valence-electron chi connectivity index (χ3n) is 4.05. The van der Waals surface area contributed by atoms with E-state index >= 15 is 0 Å². The summed E-state index contributed by atoms with van der Waals surface area (Å²) in [5.41, 5.74) is 1.43. The van der Waals surface area contributed by atoms with E-state index in [1.807, 2.05) is 0 Å². The summed E-state index contributed by atoms with van der Waals surface area (Å²) in [6, 6.07) is 10.8. The molecule has 0 aromatic heterocycles. The second-order valence-corrected chi connectivity index (χ2v) is 5.32. The summed E-state index contributed by atoms with van der Waals surface area (Å²) < 4.78 is 5.85. The van der Waals surface area contributed by atoms with E-state index in [0.29, 0.717) is 6.10 Å². The molecule has 0 amide bonds. The molecule has 1 aromatic rings. The fourth-order valence-electron chi connectivity index (χ4n) is 3.15. The molecule has 0 radical (unpaired) electrons. The molecule has 2 saturated heterocycles. The number of rotatable bonds is 2. The molecule has 17 heavy (non-hydrogen) atoms. The van der Waals surface area contributed by atoms with Crippen molar-refractivity contribution in [3.63, 3.8) is 0 Å². The number of hydrogen-bond acceptors (Lipinski definition) is 2. The van der Waals surface area contributed by atoms with Gasteiger partial charge in [0, 0.05) is 26.2 Å². The van der Waals surface area contributed by atoms with Gasteiger partial charge in [0.15, 0.2) is 0 Å². The summed E-state index contributed by atoms with van der Waals surface area (Å²) in [4.78, 5) is 2.59. The topological polar surface area (TPSA) is 12.5 Å². The van der Waals surface area contributed by atoms with Crippen molar-refractivity contribution >= 4 is 0 Å². The van der Waals surface area contributed by atoms with Gasteiger partial charge in [-0.25, -0.2) is 0 Å². The first-order chi connectivity index (χ1) is 8.42. The van der Waals surface area contributed by atoms with E-state index in [0.717, 1.165) is 19.1 Å². The molecule has 2 fully saturated rings. The Labute approximate surface area is 104 Å². The van der Waals surface area contributed by atoms with Crippen molar-refractivity contribution in [3.05, 3.63) is 35.9 Å². The molecular formula is C15H21NO. The molecule has 2 aliphatic rings. The summed E-state index contributed by atoms with van der Waals surface area (Å²) in [5, 5.41) is 0. The third kappa shape index (κ3) is 2.70. The van der Waals surface area contributed by atoms with Crippen molar-refractivity contribution in [2.75, 3.05) is 19.7 Å². The Bertz CT molecular complexity index is 351. The molecule has 2 aliphatic heterocycles. The standard InChI is InChI=1S/C15H21NO/c1-2-5-13(6-3-1)11-16-9-8-15-14(12-16)7-4-10-17-15/h1-3,5-6,14-15H,4,7-12H2/t14-,15+/m0/s1. The molecule has 0 aliphatic carbocycles. The Morgan fingerprint density at radius 2 is 2.06 bits per heavy atom. The van der Waals surface area contributed by atoms with Crippen molar-refractivity contribution in [2.24, 2.45) is 5.92 Å². The minimum absolute atomic E-state index is 0.552. The quantitative estimate of drug-likeness (QED) is 0.776. The van der Waals surface area contributed by atoms with E-state index in [-0.39, 0.29) is 0 Å². The molecule has 2 heterocycles. The number of likely N-dealkylation sites (tertiary alicyclic amines) is 1. The highest BCUT2D eigenvalue weighted by Gasteiger charge is 2.31. The van der Waals surface area contributed by atoms with Crippen molar-refractivity contribution < 1.29 is 4.74 Å². The molecule has 0 N–H and O–H groups in total. The predicted molar refractivity (Wildman–Crippen MR) is 68.8 cm³/mol. The molecule has 0 spiro atoms. The average molecular weight is 231 g/mol. The largest absolute Gasteiger partial charge is 0.378 e. The predicted octanol–water partition coefficient (Wildman–Crippen LogP) is 2.69. The fraction of sp³-hybridized carbons (Fsp3) is 0.600. The van der Waals surface area contributed by atoms with Gasteiger partial charge in [-0.15, -0.1) is 0 Å². The number of benzene rings is 1. The number of ether oxygens (including phenoxy) is 1. The van der Waals surface area contributed by atoms with Crippen LogP contribution >= 0.6 is 0 Å². The lowest BCUT2D eigenvalue weighted by molar-refractivity contribution is -0.0676. The summed E-state index contributed by atoms with van der Waals surface area (Å²) in [6.45, 7) is 4.50. The molecule has 0 bridgehead atoms. The van der Waals surface area contributed by atoms with Gasteiger partial charge < -0.3 is 4.74 Å². The van der Waals surface area contributed by atoms with Crippen LogP contribution in [-0.2, 0) is 11.3 Å². The third-order valence-corrected chi connectivity index (χ3v) is 4.05. The SMILES string of the molecule is c1ccc(CN2CC[C@H]3OCCC[C@H]3C2)cc1. The summed E-state index contributed by atoms with van der Waals surface area (Å²) in [6.07, 6.45) is 4.38. The molecule has 0 saturated carbocycles. The Morgan fingerprint density at radius 3 is 2.94 bits per heavy atom. The lowest BCUT2D eigenvalue weighted by atomic mass is 9.88. The van der Waals surface area contributed by atoms with Gasteiger partial charge in [-0.1, -0.05) is 30.3 Å². The molecule has 2 atom stereocenters. The van der Waals surface area contributed by atoms with E-state index in [1.54, 1.807) is 0 Å². The van der Waals surface area contributed by atoms with Crippen LogP contribution in [0.15, 0.2) is 30.3 Å². The lowest BCUT2D eigenvalue weighted by Crippen LogP contribution is -2.45. The zero-order valence-electron chi connectivity index (χ0n) is 10.3. The summed E-state index contributed by atoms with van der Waals surface area (Å²) >= 11 is 0. The van der Waals surface area contributed by atoms with Gasteiger partial charge in [-0.3, -0.25) is 4.90 Å². The summed E-state index contributed by atoms with van der Waals surface area (Å²) in [5.74, 6) is 0.779. The Morgan fingerprint density at radius 1 is 1.18 bits per heavy atom. The van der Waals surface area contributed by atoms with Crippen molar-refractivity contribution in [2.45, 2.75) is 31.9 Å². The zero-order chi connectivity index (χ0) is 11.5. The van der Waals surface area contributed by atoms with Gasteiger partial charge in [-0.05, 0) is 30.7 Å². The normalized spacial score (nSPS) is 29.9. The van der Waals surface area contributed by atoms with E-state index in [9.17, 15) is 0 Å². The summed E-state index contributed by atoms with van der Waals surface area (Å²) in [7, 11) is 0. The van der Waals surface area contributed by atoms with Crippen LogP contribution in [0.5, 0.6) is 0 Å². The Hall–Kier alpha value is -0.860. The highest BCUT2D eigenvalue weighted by molar-refractivity contribution is 5.14. The van der Waals surface area contributed by atoms with Gasteiger partial charge in [0.25, 0.3) is 0 Å². The smallest absolute Gasteiger partial charge is 0.0627 e. The van der Waals surface area contributed by atoms with Crippen molar-refractivity contribution in [1.82, 2.24) is 4.90 Å². The van der Waals surface area contributed by atoms with Gasteiger partial charge in [-0.2, -0.15) is 0 Å². The first-order valence-electron chi connectivity index (χ1n) is 6.80. The highest BCUT2D eigenvalue weighted by atomic mass is 16.5. The van der Waals surface area contributed by atoms with Crippen LogP contribution in [0, 0.1) is 5.92 Å². The minimum atomic E-state index is 0.552. The maximum atomic E-state index is 5.85. The van der Waals surface area contributed by atoms with E-state index in [4.69, 9.17) is 4.74 Å². The van der Waals surface area contributed by atoms with Gasteiger partial charge in [0.05, 0.1) is 6.10 Å². The van der Waals surface area contributed by atoms with E-state index < -0.39 is 0 Å². The number of piperidine rings is 1. The first-order valence-corrected chi connectivity index (χ1v) is 6.80. The van der Waals surface area contributed by atoms with Crippen LogP contribution in [0.4, 0.5) is 0 Å². The molecule has 0 unspecified atom stereocenters. The van der Waals surface area contributed by atoms with E-state index in [2.05, 4.69) is 35.2 Å². The second-order valence-electron chi connectivity index (χ2n) is 5.32. The Kier molecular flexibility index (Phi) is 3.44. The van der Waals surface area contributed by atoms with E-state index in [1.165, 1.54) is 37.9 Å². The monoisotopic (exact) mass is 231 g/mol. The maximum Gasteiger partial charge on any atom is 0.0627 e. The van der Waals surface area contributed by atoms with Crippen LogP contribution in [-0.4, -0.2) is 30.7 Å². The van der Waals surface area contributed by atoms with Gasteiger partial charge in [0.2, 0.25) is 0 Å². The fourth-order valence-corrected chi connectivity index (χ4v) is 3.15. The maximum absolute atomic E-state index is 5.85. The van der Waals surface area contributed by atoms with Crippen LogP contribution in [0.2, 0.25) is 0 Å². The van der Waals surface area contributed by atoms with Crippen LogP contribution in [0.25, 0.3) is 0 Å². The second kappa shape index (κ2) is 5.19. The number of hydrogen-bond donors (Lipinski definition) is 0. The first kappa shape index (κ1) is 11.2. The zero-order valence-corrected chi connectivity index (χ0v) is 10.3. The molecule has 3 rings (SSSR count). The van der Waals surface area contributed by atoms with Gasteiger partial charge in [0.1, 0.15) is 0 Å². The molecule has 92 valence electrons. The Balaban J connectivity index is 1.59. The lowest BCUT2D eigenvalue weighted by Gasteiger charge is -2.41. The van der Waals surface area contributed by atoms with Gasteiger partial charge >= 0.3 is 0 Å². The highest BCUT2D eigenvalue weighted by Crippen LogP contribution is 2.28. The van der Waals surface area contributed by atoms with Crippen molar-refractivity contribution in [3.8, 4) is 0 Å². The van der Waals surface area contributed by atoms with Crippen LogP contribution in [0.1, 0.15) is 24.8 Å². The molecule has 2 heteroatoms. The molecule has 2 nitrogen and oxygen atoms in total. The molecule has 1 aromatic carbocycles. The number of fused-ring (bicyclic) bond motifs is 1. The molecular weight excluding hydrogens is 210 g/mol. The number of nitrogens with zero attached hydrogens (tertiary/aromatic N) is 1. The minimum Gasteiger partial charge on any atom is -0.378 e. The van der Waals surface area contributed by atoms with Crippen molar-refractivity contribution in [1.29, 1.82) is 0 Å². The average Bonchev–Trinajstić information content (AvgIpc) is 2.40. The van der Waals surface area contributed by atoms with Crippen LogP contribution < -0.4 is 0 Å².